The molecule has 0 unspecified atom stereocenters. The fourth-order valence-corrected chi connectivity index (χ4v) is 3.51. The van der Waals surface area contributed by atoms with E-state index < -0.39 is 11.8 Å². The number of hydrogen-bond acceptors (Lipinski definition) is 4. The van der Waals surface area contributed by atoms with Crippen LogP contribution in [-0.4, -0.2) is 24.3 Å². The Balaban J connectivity index is 1.84. The first-order valence-electron chi connectivity index (χ1n) is 11.2. The molecule has 2 rings (SSSR count). The molecular weight excluding hydrogens is 486 g/mol. The lowest BCUT2D eigenvalue weighted by atomic mass is 10.1. The Hall–Kier alpha value is -2.87. The summed E-state index contributed by atoms with van der Waals surface area (Å²) >= 11 is 3.43. The molecule has 3 amide bonds. The zero-order valence-corrected chi connectivity index (χ0v) is 21.0. The van der Waals surface area contributed by atoms with Crippen molar-refractivity contribution in [2.75, 3.05) is 11.9 Å². The molecule has 2 aromatic carbocycles. The van der Waals surface area contributed by atoms with Gasteiger partial charge in [-0.2, -0.15) is 0 Å². The zero-order valence-electron chi connectivity index (χ0n) is 19.4. The van der Waals surface area contributed by atoms with Gasteiger partial charge in [0.2, 0.25) is 5.91 Å². The molecule has 0 atom stereocenters. The zero-order chi connectivity index (χ0) is 24.2. The number of hydrazine groups is 1. The van der Waals surface area contributed by atoms with E-state index in [1.54, 1.807) is 42.5 Å². The second-order valence-corrected chi connectivity index (χ2v) is 9.04. The van der Waals surface area contributed by atoms with Gasteiger partial charge in [0.15, 0.2) is 0 Å². The summed E-state index contributed by atoms with van der Waals surface area (Å²) in [7, 11) is 0. The van der Waals surface area contributed by atoms with E-state index in [0.29, 0.717) is 40.1 Å². The highest BCUT2D eigenvalue weighted by molar-refractivity contribution is 9.10. The van der Waals surface area contributed by atoms with Crippen LogP contribution in [0, 0.1) is 5.92 Å². The highest BCUT2D eigenvalue weighted by Crippen LogP contribution is 2.26. The van der Waals surface area contributed by atoms with Gasteiger partial charge >= 0.3 is 0 Å². The van der Waals surface area contributed by atoms with Crippen molar-refractivity contribution in [1.82, 2.24) is 10.9 Å². The van der Waals surface area contributed by atoms with E-state index in [1.807, 2.05) is 13.8 Å². The molecule has 0 aromatic heterocycles. The van der Waals surface area contributed by atoms with Gasteiger partial charge in [0.25, 0.3) is 11.8 Å². The van der Waals surface area contributed by atoms with E-state index in [1.165, 1.54) is 12.8 Å². The van der Waals surface area contributed by atoms with Crippen LogP contribution in [-0.2, 0) is 4.79 Å². The van der Waals surface area contributed by atoms with Crippen LogP contribution in [0.25, 0.3) is 0 Å². The third-order valence-electron chi connectivity index (χ3n) is 4.76. The Labute approximate surface area is 203 Å². The van der Waals surface area contributed by atoms with Gasteiger partial charge < -0.3 is 10.1 Å². The van der Waals surface area contributed by atoms with E-state index in [0.717, 1.165) is 12.8 Å². The van der Waals surface area contributed by atoms with Gasteiger partial charge in [0.1, 0.15) is 5.75 Å². The Morgan fingerprint density at radius 3 is 2.15 bits per heavy atom. The van der Waals surface area contributed by atoms with Gasteiger partial charge in [-0.3, -0.25) is 25.2 Å². The summed E-state index contributed by atoms with van der Waals surface area (Å²) in [6.45, 7) is 6.73. The fourth-order valence-electron chi connectivity index (χ4n) is 3.02. The summed E-state index contributed by atoms with van der Waals surface area (Å²) in [5.41, 5.74) is 6.15. The summed E-state index contributed by atoms with van der Waals surface area (Å²) in [6.07, 6.45) is 4.90. The lowest BCUT2D eigenvalue weighted by Gasteiger charge is -2.11. The van der Waals surface area contributed by atoms with Crippen molar-refractivity contribution in [2.24, 2.45) is 5.92 Å². The largest absolute Gasteiger partial charge is 0.492 e. The van der Waals surface area contributed by atoms with Crippen molar-refractivity contribution in [2.45, 2.75) is 52.9 Å². The number of nitrogens with one attached hydrogen (secondary N) is 3. The molecule has 0 heterocycles. The highest BCUT2D eigenvalue weighted by atomic mass is 79.9. The third kappa shape index (κ3) is 9.26. The SMILES string of the molecule is CCCCCCOc1ccc(C(=O)NNC(=O)c2ccc(NC(=O)CC(C)C)cc2)cc1Br. The Kier molecular flexibility index (Phi) is 10.9. The van der Waals surface area contributed by atoms with Crippen molar-refractivity contribution < 1.29 is 19.1 Å². The molecule has 3 N–H and O–H groups in total. The maximum atomic E-state index is 12.4. The number of ether oxygens (including phenoxy) is 1. The standard InChI is InChI=1S/C25H32BrN3O4/c1-4-5-6-7-14-33-22-13-10-19(16-21(22)26)25(32)29-28-24(31)18-8-11-20(12-9-18)27-23(30)15-17(2)3/h8-13,16-17H,4-7,14-15H2,1-3H3,(H,27,30)(H,28,31)(H,29,32). The van der Waals surface area contributed by atoms with Crippen LogP contribution in [0.5, 0.6) is 5.75 Å². The molecule has 0 bridgehead atoms. The molecular formula is C25H32BrN3O4. The van der Waals surface area contributed by atoms with Gasteiger partial charge in [0, 0.05) is 23.2 Å². The maximum absolute atomic E-state index is 12.4. The first kappa shape index (κ1) is 26.4. The van der Waals surface area contributed by atoms with Crippen molar-refractivity contribution >= 4 is 39.3 Å². The molecule has 0 radical (unpaired) electrons. The molecule has 0 aliphatic heterocycles. The minimum absolute atomic E-state index is 0.0754. The second-order valence-electron chi connectivity index (χ2n) is 8.19. The number of carbonyl (C=O) groups is 3. The summed E-state index contributed by atoms with van der Waals surface area (Å²) < 4.78 is 6.43. The van der Waals surface area contributed by atoms with E-state index in [4.69, 9.17) is 4.74 Å². The Bertz CT molecular complexity index is 945. The van der Waals surface area contributed by atoms with Crippen molar-refractivity contribution in [3.05, 3.63) is 58.1 Å². The van der Waals surface area contributed by atoms with E-state index in [-0.39, 0.29) is 11.8 Å². The van der Waals surface area contributed by atoms with Gasteiger partial charge in [0.05, 0.1) is 11.1 Å². The number of benzene rings is 2. The van der Waals surface area contributed by atoms with Crippen molar-refractivity contribution in [3.63, 3.8) is 0 Å². The van der Waals surface area contributed by atoms with Crippen LogP contribution in [0.4, 0.5) is 5.69 Å². The molecule has 178 valence electrons. The van der Waals surface area contributed by atoms with Crippen LogP contribution in [0.2, 0.25) is 0 Å². The number of carbonyl (C=O) groups excluding carboxylic acids is 3. The number of unbranched alkanes of at least 4 members (excludes halogenated alkanes) is 3. The normalized spacial score (nSPS) is 10.6. The summed E-state index contributed by atoms with van der Waals surface area (Å²) in [6, 6.07) is 11.5. The average Bonchev–Trinajstić information content (AvgIpc) is 2.77. The van der Waals surface area contributed by atoms with Crippen molar-refractivity contribution in [1.29, 1.82) is 0 Å². The molecule has 0 saturated heterocycles. The van der Waals surface area contributed by atoms with Gasteiger partial charge in [-0.25, -0.2) is 0 Å². The van der Waals surface area contributed by atoms with Crippen LogP contribution < -0.4 is 20.9 Å². The molecule has 0 aliphatic carbocycles. The minimum Gasteiger partial charge on any atom is -0.492 e. The highest BCUT2D eigenvalue weighted by Gasteiger charge is 2.12. The quantitative estimate of drug-likeness (QED) is 0.272. The van der Waals surface area contributed by atoms with Gasteiger partial charge in [-0.1, -0.05) is 40.0 Å². The molecule has 0 fully saturated rings. The first-order valence-corrected chi connectivity index (χ1v) is 12.0. The molecule has 2 aromatic rings. The minimum atomic E-state index is -0.463. The molecule has 33 heavy (non-hydrogen) atoms. The number of amides is 3. The average molecular weight is 518 g/mol. The Morgan fingerprint density at radius 1 is 0.909 bits per heavy atom. The topological polar surface area (TPSA) is 96.5 Å². The number of halogens is 1. The Morgan fingerprint density at radius 2 is 1.55 bits per heavy atom. The van der Waals surface area contributed by atoms with Crippen LogP contribution in [0.1, 0.15) is 73.6 Å². The molecule has 8 heteroatoms. The summed E-state index contributed by atoms with van der Waals surface area (Å²) in [4.78, 5) is 36.6. The molecule has 0 aliphatic rings. The van der Waals surface area contributed by atoms with Crippen LogP contribution >= 0.6 is 15.9 Å². The van der Waals surface area contributed by atoms with Gasteiger partial charge in [-0.15, -0.1) is 0 Å². The number of hydrogen-bond donors (Lipinski definition) is 3. The second kappa shape index (κ2) is 13.6. The van der Waals surface area contributed by atoms with E-state index in [9.17, 15) is 14.4 Å². The number of anilines is 1. The monoisotopic (exact) mass is 517 g/mol. The molecule has 0 saturated carbocycles. The van der Waals surface area contributed by atoms with E-state index >= 15 is 0 Å². The first-order chi connectivity index (χ1) is 15.8. The molecule has 0 spiro atoms. The van der Waals surface area contributed by atoms with E-state index in [2.05, 4.69) is 39.0 Å². The lowest BCUT2D eigenvalue weighted by Crippen LogP contribution is -2.41. The summed E-state index contributed by atoms with van der Waals surface area (Å²) in [5.74, 6) is -0.0506. The van der Waals surface area contributed by atoms with Gasteiger partial charge in [-0.05, 0) is 70.7 Å². The predicted molar refractivity (Wildman–Crippen MR) is 133 cm³/mol. The smallest absolute Gasteiger partial charge is 0.269 e. The number of rotatable bonds is 11. The lowest BCUT2D eigenvalue weighted by molar-refractivity contribution is -0.116. The predicted octanol–water partition coefficient (Wildman–Crippen LogP) is 5.47. The van der Waals surface area contributed by atoms with Crippen LogP contribution in [0.15, 0.2) is 46.9 Å². The van der Waals surface area contributed by atoms with Crippen molar-refractivity contribution in [3.8, 4) is 5.75 Å². The third-order valence-corrected chi connectivity index (χ3v) is 5.38. The maximum Gasteiger partial charge on any atom is 0.269 e. The molecule has 7 nitrogen and oxygen atoms in total. The van der Waals surface area contributed by atoms with Crippen LogP contribution in [0.3, 0.4) is 0 Å². The fraction of sp³-hybridized carbons (Fsp3) is 0.400. The summed E-state index contributed by atoms with van der Waals surface area (Å²) in [5, 5.41) is 2.79.